The summed E-state index contributed by atoms with van der Waals surface area (Å²) < 4.78 is 10.8. The van der Waals surface area contributed by atoms with Crippen LogP contribution in [-0.2, 0) is 11.3 Å². The number of likely N-dealkylation sites (tertiary alicyclic amines) is 1. The molecule has 1 saturated heterocycles. The highest BCUT2D eigenvalue weighted by atomic mass is 35.5. The first-order chi connectivity index (χ1) is 14.4. The van der Waals surface area contributed by atoms with E-state index < -0.39 is 0 Å². The Bertz CT molecular complexity index is 883. The molecule has 0 aromatic heterocycles. The molecule has 1 atom stereocenters. The Morgan fingerprint density at radius 3 is 2.50 bits per heavy atom. The maximum absolute atomic E-state index is 12.9. The van der Waals surface area contributed by atoms with Crippen LogP contribution in [0.15, 0.2) is 36.4 Å². The fourth-order valence-corrected chi connectivity index (χ4v) is 4.30. The van der Waals surface area contributed by atoms with Crippen molar-refractivity contribution in [1.29, 1.82) is 0 Å². The van der Waals surface area contributed by atoms with Crippen LogP contribution in [0.2, 0.25) is 10.0 Å². The largest absolute Gasteiger partial charge is 0.497 e. The van der Waals surface area contributed by atoms with Crippen LogP contribution in [0.1, 0.15) is 36.9 Å². The zero-order valence-corrected chi connectivity index (χ0v) is 19.1. The third kappa shape index (κ3) is 5.60. The van der Waals surface area contributed by atoms with E-state index in [4.69, 9.17) is 32.7 Å². The van der Waals surface area contributed by atoms with E-state index in [1.54, 1.807) is 20.3 Å². The minimum atomic E-state index is -0.173. The molecule has 0 radical (unpaired) electrons. The Morgan fingerprint density at radius 1 is 1.13 bits per heavy atom. The van der Waals surface area contributed by atoms with Crippen LogP contribution in [0.3, 0.4) is 0 Å². The van der Waals surface area contributed by atoms with Gasteiger partial charge in [0, 0.05) is 28.1 Å². The molecular formula is C23H28Cl2N2O3. The summed E-state index contributed by atoms with van der Waals surface area (Å²) in [6.07, 6.45) is 1.64. The van der Waals surface area contributed by atoms with Gasteiger partial charge in [-0.15, -0.1) is 0 Å². The third-order valence-electron chi connectivity index (χ3n) is 5.63. The zero-order chi connectivity index (χ0) is 21.7. The highest BCUT2D eigenvalue weighted by Crippen LogP contribution is 2.30. The van der Waals surface area contributed by atoms with E-state index in [2.05, 4.69) is 10.2 Å². The van der Waals surface area contributed by atoms with Crippen molar-refractivity contribution in [3.05, 3.63) is 57.6 Å². The summed E-state index contributed by atoms with van der Waals surface area (Å²) in [5.74, 6) is 1.55. The van der Waals surface area contributed by atoms with Crippen LogP contribution >= 0.6 is 23.2 Å². The minimum Gasteiger partial charge on any atom is -0.497 e. The normalized spacial score (nSPS) is 16.2. The minimum absolute atomic E-state index is 0.000919. The number of hydrogen-bond donors (Lipinski definition) is 1. The topological polar surface area (TPSA) is 50.8 Å². The highest BCUT2D eigenvalue weighted by Gasteiger charge is 2.27. The fraction of sp³-hybridized carbons (Fsp3) is 0.435. The van der Waals surface area contributed by atoms with Gasteiger partial charge in [-0.3, -0.25) is 9.69 Å². The molecule has 1 amide bonds. The lowest BCUT2D eigenvalue weighted by molar-refractivity contribution is -0.127. The molecule has 0 aliphatic carbocycles. The summed E-state index contributed by atoms with van der Waals surface area (Å²) in [5.41, 5.74) is 1.96. The summed E-state index contributed by atoms with van der Waals surface area (Å²) in [6, 6.07) is 11.0. The van der Waals surface area contributed by atoms with Crippen LogP contribution in [0.5, 0.6) is 11.5 Å². The van der Waals surface area contributed by atoms with Crippen molar-refractivity contribution in [2.75, 3.05) is 27.3 Å². The van der Waals surface area contributed by atoms with E-state index in [9.17, 15) is 4.79 Å². The number of nitrogens with zero attached hydrogens (tertiary/aromatic N) is 1. The first-order valence-corrected chi connectivity index (χ1v) is 10.9. The Hall–Kier alpha value is -1.95. The van der Waals surface area contributed by atoms with Gasteiger partial charge in [-0.25, -0.2) is 0 Å². The lowest BCUT2D eigenvalue weighted by Gasteiger charge is -2.32. The quantitative estimate of drug-likeness (QED) is 0.637. The van der Waals surface area contributed by atoms with Gasteiger partial charge >= 0.3 is 0 Å². The number of rotatable bonds is 7. The number of methoxy groups -OCH3 is 2. The van der Waals surface area contributed by atoms with E-state index in [0.29, 0.717) is 10.0 Å². The molecule has 2 aromatic carbocycles. The number of carbonyl (C=O) groups is 1. The summed E-state index contributed by atoms with van der Waals surface area (Å²) in [4.78, 5) is 15.2. The molecule has 0 bridgehead atoms. The fourth-order valence-electron chi connectivity index (χ4n) is 3.83. The predicted molar refractivity (Wildman–Crippen MR) is 121 cm³/mol. The van der Waals surface area contributed by atoms with Crippen LogP contribution in [-0.4, -0.2) is 38.1 Å². The van der Waals surface area contributed by atoms with Crippen molar-refractivity contribution < 1.29 is 14.3 Å². The molecular weight excluding hydrogens is 423 g/mol. The maximum atomic E-state index is 12.9. The number of benzene rings is 2. The van der Waals surface area contributed by atoms with E-state index in [1.807, 2.05) is 37.3 Å². The summed E-state index contributed by atoms with van der Waals surface area (Å²) >= 11 is 12.3. The second kappa shape index (κ2) is 10.4. The Kier molecular flexibility index (Phi) is 7.87. The summed E-state index contributed by atoms with van der Waals surface area (Å²) in [6.45, 7) is 4.44. The van der Waals surface area contributed by atoms with E-state index in [1.165, 1.54) is 0 Å². The maximum Gasteiger partial charge on any atom is 0.223 e. The number of amides is 1. The van der Waals surface area contributed by atoms with Gasteiger partial charge in [0.2, 0.25) is 5.91 Å². The number of ether oxygens (including phenoxy) is 2. The van der Waals surface area contributed by atoms with Gasteiger partial charge in [-0.1, -0.05) is 29.3 Å². The molecule has 7 heteroatoms. The molecule has 1 aliphatic rings. The average Bonchev–Trinajstić information content (AvgIpc) is 2.75. The van der Waals surface area contributed by atoms with Crippen LogP contribution in [0, 0.1) is 5.92 Å². The van der Waals surface area contributed by atoms with Gasteiger partial charge in [0.05, 0.1) is 20.3 Å². The highest BCUT2D eigenvalue weighted by molar-refractivity contribution is 6.35. The Labute approximate surface area is 188 Å². The van der Waals surface area contributed by atoms with Gasteiger partial charge < -0.3 is 14.8 Å². The van der Waals surface area contributed by atoms with Gasteiger partial charge in [0.25, 0.3) is 0 Å². The van der Waals surface area contributed by atoms with E-state index >= 15 is 0 Å². The number of nitrogens with one attached hydrogen (secondary N) is 1. The Morgan fingerprint density at radius 2 is 1.87 bits per heavy atom. The van der Waals surface area contributed by atoms with Gasteiger partial charge in [0.15, 0.2) is 0 Å². The van der Waals surface area contributed by atoms with Crippen molar-refractivity contribution >= 4 is 29.1 Å². The molecule has 162 valence electrons. The van der Waals surface area contributed by atoms with Gasteiger partial charge in [-0.05, 0) is 68.8 Å². The number of halogens is 2. The van der Waals surface area contributed by atoms with Gasteiger partial charge in [-0.2, -0.15) is 0 Å². The van der Waals surface area contributed by atoms with Crippen molar-refractivity contribution in [2.45, 2.75) is 32.4 Å². The summed E-state index contributed by atoms with van der Waals surface area (Å²) in [7, 11) is 3.25. The van der Waals surface area contributed by atoms with Crippen molar-refractivity contribution in [1.82, 2.24) is 10.2 Å². The van der Waals surface area contributed by atoms with Gasteiger partial charge in [0.1, 0.15) is 11.5 Å². The SMILES string of the molecule is COc1ccc(OC)c([C@@H](C)NC(=O)C2CCN(Cc3ccc(Cl)cc3Cl)CC2)c1. The van der Waals surface area contributed by atoms with E-state index in [0.717, 1.165) is 55.1 Å². The summed E-state index contributed by atoms with van der Waals surface area (Å²) in [5, 5.41) is 4.47. The van der Waals surface area contributed by atoms with Crippen LogP contribution in [0.4, 0.5) is 0 Å². The second-order valence-corrected chi connectivity index (χ2v) is 8.47. The van der Waals surface area contributed by atoms with Crippen molar-refractivity contribution in [2.24, 2.45) is 5.92 Å². The number of piperidine rings is 1. The standard InChI is InChI=1S/C23H28Cl2N2O3/c1-15(20-13-19(29-2)6-7-22(20)30-3)26-23(28)16-8-10-27(11-9-16)14-17-4-5-18(24)12-21(17)25/h4-7,12-13,15-16H,8-11,14H2,1-3H3,(H,26,28)/t15-/m1/s1. The first-order valence-electron chi connectivity index (χ1n) is 10.1. The van der Waals surface area contributed by atoms with Crippen LogP contribution < -0.4 is 14.8 Å². The van der Waals surface area contributed by atoms with Crippen LogP contribution in [0.25, 0.3) is 0 Å². The van der Waals surface area contributed by atoms with Crippen molar-refractivity contribution in [3.63, 3.8) is 0 Å². The molecule has 5 nitrogen and oxygen atoms in total. The number of hydrogen-bond acceptors (Lipinski definition) is 4. The molecule has 1 aliphatic heterocycles. The monoisotopic (exact) mass is 450 g/mol. The molecule has 30 heavy (non-hydrogen) atoms. The molecule has 1 fully saturated rings. The molecule has 2 aromatic rings. The molecule has 0 spiro atoms. The lowest BCUT2D eigenvalue weighted by Crippen LogP contribution is -2.41. The zero-order valence-electron chi connectivity index (χ0n) is 17.6. The molecule has 1 N–H and O–H groups in total. The van der Waals surface area contributed by atoms with Crippen molar-refractivity contribution in [3.8, 4) is 11.5 Å². The average molecular weight is 451 g/mol. The molecule has 1 heterocycles. The predicted octanol–water partition coefficient (Wildman–Crippen LogP) is 5.10. The smallest absolute Gasteiger partial charge is 0.223 e. The molecule has 0 saturated carbocycles. The Balaban J connectivity index is 1.55. The molecule has 0 unspecified atom stereocenters. The van der Waals surface area contributed by atoms with E-state index in [-0.39, 0.29) is 17.9 Å². The lowest BCUT2D eigenvalue weighted by atomic mass is 9.94. The molecule has 3 rings (SSSR count). The third-order valence-corrected chi connectivity index (χ3v) is 6.22. The first kappa shape index (κ1) is 22.7. The number of carbonyl (C=O) groups excluding carboxylic acids is 1. The second-order valence-electron chi connectivity index (χ2n) is 7.62.